The average molecular weight is 666 g/mol. The molecule has 0 radical (unpaired) electrons. The quantitative estimate of drug-likeness (QED) is 0.364. The number of hydrogen-bond acceptors (Lipinski definition) is 6. The Morgan fingerprint density at radius 3 is 2.51 bits per heavy atom. The third-order valence-electron chi connectivity index (χ3n) is 10.1. The lowest BCUT2D eigenvalue weighted by Gasteiger charge is -2.55. The van der Waals surface area contributed by atoms with Crippen LogP contribution in [-0.4, -0.2) is 82.5 Å². The first-order valence-corrected chi connectivity index (χ1v) is 16.8. The second-order valence-corrected chi connectivity index (χ2v) is 14.4. The van der Waals surface area contributed by atoms with E-state index in [2.05, 4.69) is 4.90 Å². The van der Waals surface area contributed by atoms with E-state index in [9.17, 15) is 14.7 Å². The van der Waals surface area contributed by atoms with E-state index in [-0.39, 0.29) is 31.4 Å². The summed E-state index contributed by atoms with van der Waals surface area (Å²) in [6.45, 7) is 9.65. The highest BCUT2D eigenvalue weighted by atomic mass is 35.5. The molecular formula is C35H41ClFN5O5. The normalized spacial score (nSPS) is 21.3. The number of hydrogen-bond donors (Lipinski definition) is 1. The number of nitrogens with zero attached hydrogens (tertiary/aromatic N) is 5. The van der Waals surface area contributed by atoms with Crippen molar-refractivity contribution in [1.82, 2.24) is 19.4 Å². The van der Waals surface area contributed by atoms with Crippen molar-refractivity contribution in [1.29, 1.82) is 0 Å². The van der Waals surface area contributed by atoms with Crippen LogP contribution in [0.2, 0.25) is 5.02 Å². The number of anilines is 1. The number of carboxylic acid groups (broad SMARTS) is 1. The van der Waals surface area contributed by atoms with Gasteiger partial charge < -0.3 is 28.9 Å². The van der Waals surface area contributed by atoms with Crippen molar-refractivity contribution in [2.75, 3.05) is 50.9 Å². The molecule has 1 aromatic heterocycles. The van der Waals surface area contributed by atoms with Crippen molar-refractivity contribution in [3.63, 3.8) is 0 Å². The molecule has 1 atom stereocenters. The van der Waals surface area contributed by atoms with Crippen LogP contribution >= 0.6 is 11.6 Å². The highest BCUT2D eigenvalue weighted by molar-refractivity contribution is 6.32. The number of ether oxygens (including phenoxy) is 2. The fourth-order valence-electron chi connectivity index (χ4n) is 7.73. The molecule has 0 bridgehead atoms. The second-order valence-electron chi connectivity index (χ2n) is 14.0. The van der Waals surface area contributed by atoms with Crippen LogP contribution in [0.3, 0.4) is 0 Å². The average Bonchev–Trinajstić information content (AvgIpc) is 3.83. The lowest BCUT2D eigenvalue weighted by molar-refractivity contribution is -0.145. The van der Waals surface area contributed by atoms with Crippen LogP contribution < -0.4 is 9.64 Å². The number of amides is 2. The zero-order valence-corrected chi connectivity index (χ0v) is 27.9. The molecule has 10 nitrogen and oxygen atoms in total. The van der Waals surface area contributed by atoms with E-state index in [0.29, 0.717) is 60.8 Å². The van der Waals surface area contributed by atoms with Gasteiger partial charge in [-0.1, -0.05) is 44.5 Å². The fraction of sp³-hybridized carbons (Fsp3) is 0.514. The lowest BCUT2D eigenvalue weighted by atomic mass is 9.63. The summed E-state index contributed by atoms with van der Waals surface area (Å²) in [6, 6.07) is 11.0. The van der Waals surface area contributed by atoms with Gasteiger partial charge in [0.15, 0.2) is 6.61 Å². The topological polar surface area (TPSA) is 100 Å². The molecule has 4 heterocycles. The van der Waals surface area contributed by atoms with E-state index >= 15 is 4.39 Å². The Morgan fingerprint density at radius 2 is 1.85 bits per heavy atom. The second kappa shape index (κ2) is 12.0. The van der Waals surface area contributed by atoms with E-state index in [4.69, 9.17) is 26.1 Å². The summed E-state index contributed by atoms with van der Waals surface area (Å²) in [5, 5.41) is 10.1. The molecule has 2 amide bonds. The molecule has 250 valence electrons. The van der Waals surface area contributed by atoms with Crippen LogP contribution in [0.5, 0.6) is 5.75 Å². The van der Waals surface area contributed by atoms with Crippen molar-refractivity contribution < 1.29 is 28.6 Å². The Kier molecular flexibility index (Phi) is 8.11. The van der Waals surface area contributed by atoms with Crippen molar-refractivity contribution in [2.24, 2.45) is 5.41 Å². The number of morpholine rings is 1. The zero-order valence-electron chi connectivity index (χ0n) is 27.1. The Labute approximate surface area is 279 Å². The maximum Gasteiger partial charge on any atom is 0.407 e. The summed E-state index contributed by atoms with van der Waals surface area (Å²) < 4.78 is 30.2. The number of benzene rings is 2. The number of carbonyl (C=O) groups is 2. The van der Waals surface area contributed by atoms with Gasteiger partial charge in [-0.2, -0.15) is 0 Å². The van der Waals surface area contributed by atoms with Crippen LogP contribution in [-0.2, 0) is 34.6 Å². The van der Waals surface area contributed by atoms with Crippen LogP contribution in [0.1, 0.15) is 67.9 Å². The van der Waals surface area contributed by atoms with Gasteiger partial charge in [0.1, 0.15) is 22.9 Å². The first-order valence-electron chi connectivity index (χ1n) is 16.4. The van der Waals surface area contributed by atoms with Crippen LogP contribution in [0.15, 0.2) is 36.4 Å². The molecule has 3 aliphatic heterocycles. The van der Waals surface area contributed by atoms with Gasteiger partial charge >= 0.3 is 6.09 Å². The Bertz CT molecular complexity index is 1710. The molecule has 1 N–H and O–H groups in total. The molecule has 7 rings (SSSR count). The van der Waals surface area contributed by atoms with Gasteiger partial charge in [-0.3, -0.25) is 9.69 Å². The lowest BCUT2D eigenvalue weighted by Crippen LogP contribution is -2.62. The Hall–Kier alpha value is -3.83. The maximum absolute atomic E-state index is 16.6. The molecule has 1 saturated heterocycles. The van der Waals surface area contributed by atoms with Crippen molar-refractivity contribution >= 4 is 29.3 Å². The summed E-state index contributed by atoms with van der Waals surface area (Å²) in [5.74, 6) is 0.692. The summed E-state index contributed by atoms with van der Waals surface area (Å²) in [4.78, 5) is 36.5. The van der Waals surface area contributed by atoms with Crippen LogP contribution in [0, 0.1) is 11.2 Å². The van der Waals surface area contributed by atoms with Crippen LogP contribution in [0.4, 0.5) is 14.9 Å². The molecular weight excluding hydrogens is 625 g/mol. The molecule has 4 aliphatic rings. The number of halogens is 2. The predicted octanol–water partition coefficient (Wildman–Crippen LogP) is 5.64. The predicted molar refractivity (Wildman–Crippen MR) is 175 cm³/mol. The molecule has 1 aliphatic carbocycles. The monoisotopic (exact) mass is 665 g/mol. The van der Waals surface area contributed by atoms with Gasteiger partial charge in [-0.15, -0.1) is 0 Å². The van der Waals surface area contributed by atoms with E-state index in [1.165, 1.54) is 4.90 Å². The third kappa shape index (κ3) is 5.51. The first-order chi connectivity index (χ1) is 22.5. The molecule has 3 aromatic rings. The van der Waals surface area contributed by atoms with Gasteiger partial charge in [0, 0.05) is 50.4 Å². The standard InChI is InChI=1S/C35H41ClFN5O5/c1-34(2,3)35(25-8-6-23(18-27(25)37)22-4-5-22)32-28(38-30-20-40(33(44)45)12-13-41(30)32)10-11-42(35)31(43)21-47-29-9-7-24(19-26(29)36)39-14-16-46-17-15-39/h6-9,18-19,22H,4-5,10-17,20-21H2,1-3H3,(H,44,45). The fourth-order valence-corrected chi connectivity index (χ4v) is 7.96. The van der Waals surface area contributed by atoms with Gasteiger partial charge in [0.05, 0.1) is 36.2 Å². The number of aromatic nitrogens is 2. The van der Waals surface area contributed by atoms with Gasteiger partial charge in [0.2, 0.25) is 0 Å². The number of carbonyl (C=O) groups excluding carboxylic acids is 1. The largest absolute Gasteiger partial charge is 0.482 e. The minimum atomic E-state index is -1.26. The molecule has 0 spiro atoms. The summed E-state index contributed by atoms with van der Waals surface area (Å²) in [5.41, 5.74) is 1.88. The summed E-state index contributed by atoms with van der Waals surface area (Å²) in [7, 11) is 0. The minimum absolute atomic E-state index is 0.127. The number of imidazole rings is 1. The number of fused-ring (bicyclic) bond motifs is 3. The minimum Gasteiger partial charge on any atom is -0.482 e. The Balaban J connectivity index is 1.28. The van der Waals surface area contributed by atoms with E-state index in [0.717, 1.165) is 48.6 Å². The smallest absolute Gasteiger partial charge is 0.407 e. The molecule has 2 fully saturated rings. The van der Waals surface area contributed by atoms with Gasteiger partial charge in [0.25, 0.3) is 5.91 Å². The summed E-state index contributed by atoms with van der Waals surface area (Å²) >= 11 is 6.66. The van der Waals surface area contributed by atoms with Gasteiger partial charge in [-0.25, -0.2) is 14.2 Å². The molecule has 1 saturated carbocycles. The highest BCUT2D eigenvalue weighted by Gasteiger charge is 2.58. The molecule has 47 heavy (non-hydrogen) atoms. The zero-order chi connectivity index (χ0) is 33.1. The number of rotatable bonds is 6. The SMILES string of the molecule is CC(C)(C)C1(c2ccc(C3CC3)cc2F)c2c(nc3n2CCN(C(=O)O)C3)CCN1C(=O)COc1ccc(N2CCOCC2)cc1Cl. The van der Waals surface area contributed by atoms with E-state index in [1.54, 1.807) is 17.0 Å². The van der Waals surface area contributed by atoms with Crippen LogP contribution in [0.25, 0.3) is 0 Å². The first kappa shape index (κ1) is 31.8. The van der Waals surface area contributed by atoms with E-state index < -0.39 is 17.0 Å². The van der Waals surface area contributed by atoms with Crippen molar-refractivity contribution in [3.8, 4) is 5.75 Å². The third-order valence-corrected chi connectivity index (χ3v) is 10.4. The van der Waals surface area contributed by atoms with Gasteiger partial charge in [-0.05, 0) is 54.0 Å². The molecule has 2 aromatic carbocycles. The molecule has 12 heteroatoms. The van der Waals surface area contributed by atoms with Crippen molar-refractivity contribution in [3.05, 3.63) is 75.6 Å². The van der Waals surface area contributed by atoms with Crippen molar-refractivity contribution in [2.45, 2.75) is 64.6 Å². The molecule has 1 unspecified atom stereocenters. The maximum atomic E-state index is 16.6. The Morgan fingerprint density at radius 1 is 1.09 bits per heavy atom. The summed E-state index contributed by atoms with van der Waals surface area (Å²) in [6.07, 6.45) is 1.53. The van der Waals surface area contributed by atoms with E-state index in [1.807, 2.05) is 49.6 Å². The highest BCUT2D eigenvalue weighted by Crippen LogP contribution is 2.54.